The summed E-state index contributed by atoms with van der Waals surface area (Å²) >= 11 is 0. The Morgan fingerprint density at radius 1 is 1.14 bits per heavy atom. The summed E-state index contributed by atoms with van der Waals surface area (Å²) < 4.78 is 38.6. The Labute approximate surface area is 161 Å². The zero-order chi connectivity index (χ0) is 21.2. The molecule has 0 unspecified atom stereocenters. The minimum Gasteiger partial charge on any atom is -0.478 e. The van der Waals surface area contributed by atoms with Crippen LogP contribution in [-0.2, 0) is 22.3 Å². The van der Waals surface area contributed by atoms with Gasteiger partial charge in [0.2, 0.25) is 0 Å². The molecule has 1 aromatic carbocycles. The number of carbonyl (C=O) groups is 2. The quantitative estimate of drug-likeness (QED) is 0.634. The number of aliphatic carboxylic acids is 2. The number of nitrogens with zero attached hydrogens (tertiary/aromatic N) is 1. The molecule has 0 aromatic heterocycles. The average Bonchev–Trinajstić information content (AvgIpc) is 2.65. The van der Waals surface area contributed by atoms with Crippen LogP contribution in [0.2, 0.25) is 0 Å². The molecule has 0 spiro atoms. The van der Waals surface area contributed by atoms with Crippen LogP contribution in [0.3, 0.4) is 0 Å². The summed E-state index contributed by atoms with van der Waals surface area (Å²) in [6, 6.07) is 6.12. The first-order valence-electron chi connectivity index (χ1n) is 8.88. The summed E-state index contributed by atoms with van der Waals surface area (Å²) in [5.74, 6) is -2.51. The van der Waals surface area contributed by atoms with E-state index in [4.69, 9.17) is 10.2 Å². The van der Waals surface area contributed by atoms with Crippen molar-refractivity contribution in [2.75, 3.05) is 19.6 Å². The van der Waals surface area contributed by atoms with Crippen molar-refractivity contribution < 1.29 is 33.0 Å². The van der Waals surface area contributed by atoms with Crippen LogP contribution in [0.25, 0.3) is 0 Å². The first kappa shape index (κ1) is 23.6. The number of hydrogen-bond donors (Lipinski definition) is 3. The predicted molar refractivity (Wildman–Crippen MR) is 97.8 cm³/mol. The van der Waals surface area contributed by atoms with Crippen molar-refractivity contribution >= 4 is 11.9 Å². The van der Waals surface area contributed by atoms with Gasteiger partial charge in [-0.1, -0.05) is 25.1 Å². The van der Waals surface area contributed by atoms with Gasteiger partial charge in [0.1, 0.15) is 0 Å². The van der Waals surface area contributed by atoms with E-state index in [1.807, 2.05) is 0 Å². The van der Waals surface area contributed by atoms with E-state index in [0.717, 1.165) is 38.5 Å². The van der Waals surface area contributed by atoms with Gasteiger partial charge in [0.15, 0.2) is 0 Å². The molecule has 0 amide bonds. The molecule has 9 heteroatoms. The van der Waals surface area contributed by atoms with Crippen LogP contribution in [0.5, 0.6) is 0 Å². The van der Waals surface area contributed by atoms with Gasteiger partial charge in [-0.3, -0.25) is 0 Å². The van der Waals surface area contributed by atoms with Crippen molar-refractivity contribution in [1.29, 1.82) is 0 Å². The van der Waals surface area contributed by atoms with Crippen LogP contribution in [-0.4, -0.2) is 52.7 Å². The molecule has 1 aliphatic rings. The van der Waals surface area contributed by atoms with Crippen molar-refractivity contribution in [3.63, 3.8) is 0 Å². The third kappa shape index (κ3) is 9.01. The molecule has 1 fully saturated rings. The lowest BCUT2D eigenvalue weighted by atomic mass is 10.0. The minimum atomic E-state index is -4.27. The Balaban J connectivity index is 0.000000416. The molecule has 3 N–H and O–H groups in total. The van der Waals surface area contributed by atoms with E-state index in [1.165, 1.54) is 6.07 Å². The highest BCUT2D eigenvalue weighted by Gasteiger charge is 2.32. The molecule has 156 valence electrons. The maximum absolute atomic E-state index is 12.9. The Bertz CT molecular complexity index is 653. The van der Waals surface area contributed by atoms with E-state index in [-0.39, 0.29) is 6.54 Å². The molecule has 0 radical (unpaired) electrons. The largest absolute Gasteiger partial charge is 0.478 e. The molecular weight excluding hydrogens is 377 g/mol. The lowest BCUT2D eigenvalue weighted by Gasteiger charge is -2.31. The molecular formula is C19H25F3N2O4. The fraction of sp³-hybridized carbons (Fsp3) is 0.474. The number of carboxylic acid groups (broad SMARTS) is 2. The number of piperidine rings is 1. The fourth-order valence-electron chi connectivity index (χ4n) is 2.80. The van der Waals surface area contributed by atoms with Gasteiger partial charge in [0, 0.05) is 24.7 Å². The van der Waals surface area contributed by atoms with Gasteiger partial charge in [0.05, 0.1) is 5.56 Å². The minimum absolute atomic E-state index is 0.284. The number of rotatable bonds is 6. The smallest absolute Gasteiger partial charge is 0.416 e. The van der Waals surface area contributed by atoms with Crippen molar-refractivity contribution in [3.8, 4) is 0 Å². The van der Waals surface area contributed by atoms with E-state index >= 15 is 0 Å². The summed E-state index contributed by atoms with van der Waals surface area (Å²) in [7, 11) is 0. The molecule has 0 aliphatic carbocycles. The second kappa shape index (κ2) is 11.5. The highest BCUT2D eigenvalue weighted by Crippen LogP contribution is 2.31. The highest BCUT2D eigenvalue weighted by molar-refractivity contribution is 5.89. The SMILES string of the molecule is CCN1CCC(NCc2ccccc2C(F)(F)F)CC1.O=C(O)/C=C/C(=O)O. The number of halogens is 3. The molecule has 1 aromatic rings. The van der Waals surface area contributed by atoms with Crippen LogP contribution in [0, 0.1) is 0 Å². The third-order valence-corrected chi connectivity index (χ3v) is 4.31. The molecule has 28 heavy (non-hydrogen) atoms. The van der Waals surface area contributed by atoms with Crippen molar-refractivity contribution in [1.82, 2.24) is 10.2 Å². The predicted octanol–water partition coefficient (Wildman–Crippen LogP) is 2.99. The molecule has 1 saturated heterocycles. The number of carboxylic acids is 2. The standard InChI is InChI=1S/C15H21F3N2.C4H4O4/c1-2-20-9-7-13(8-10-20)19-11-12-5-3-4-6-14(12)15(16,17)18;5-3(6)1-2-4(7)8/h3-6,13,19H,2,7-11H2,1H3;1-2H,(H,5,6)(H,7,8)/b;2-1+. The van der Waals surface area contributed by atoms with E-state index in [1.54, 1.807) is 12.1 Å². The van der Waals surface area contributed by atoms with Gasteiger partial charge in [-0.2, -0.15) is 13.2 Å². The topological polar surface area (TPSA) is 89.9 Å². The van der Waals surface area contributed by atoms with Crippen molar-refractivity contribution in [2.24, 2.45) is 0 Å². The van der Waals surface area contributed by atoms with Gasteiger partial charge in [-0.25, -0.2) is 9.59 Å². The molecule has 0 saturated carbocycles. The normalized spacial score (nSPS) is 15.9. The summed E-state index contributed by atoms with van der Waals surface area (Å²) in [4.78, 5) is 21.5. The monoisotopic (exact) mass is 402 g/mol. The molecule has 1 heterocycles. The fourth-order valence-corrected chi connectivity index (χ4v) is 2.80. The number of likely N-dealkylation sites (tertiary alicyclic amines) is 1. The van der Waals surface area contributed by atoms with E-state index in [9.17, 15) is 22.8 Å². The van der Waals surface area contributed by atoms with Gasteiger partial charge in [0.25, 0.3) is 0 Å². The zero-order valence-corrected chi connectivity index (χ0v) is 15.6. The first-order valence-corrected chi connectivity index (χ1v) is 8.88. The van der Waals surface area contributed by atoms with Gasteiger partial charge >= 0.3 is 18.1 Å². The lowest BCUT2D eigenvalue weighted by Crippen LogP contribution is -2.42. The number of nitrogens with one attached hydrogen (secondary N) is 1. The van der Waals surface area contributed by atoms with Crippen molar-refractivity contribution in [3.05, 3.63) is 47.5 Å². The van der Waals surface area contributed by atoms with Crippen LogP contribution >= 0.6 is 0 Å². The van der Waals surface area contributed by atoms with Gasteiger partial charge in [-0.05, 0) is 44.1 Å². The van der Waals surface area contributed by atoms with Crippen molar-refractivity contribution in [2.45, 2.75) is 38.5 Å². The lowest BCUT2D eigenvalue weighted by molar-refractivity contribution is -0.138. The van der Waals surface area contributed by atoms with E-state index in [2.05, 4.69) is 17.1 Å². The highest BCUT2D eigenvalue weighted by atomic mass is 19.4. The van der Waals surface area contributed by atoms with Crippen LogP contribution in [0.4, 0.5) is 13.2 Å². The first-order chi connectivity index (χ1) is 13.1. The Hall–Kier alpha value is -2.39. The molecule has 2 rings (SSSR count). The van der Waals surface area contributed by atoms with Crippen LogP contribution in [0.1, 0.15) is 30.9 Å². The molecule has 0 atom stereocenters. The van der Waals surface area contributed by atoms with Crippen LogP contribution < -0.4 is 5.32 Å². The second-order valence-electron chi connectivity index (χ2n) is 6.25. The van der Waals surface area contributed by atoms with E-state index < -0.39 is 23.7 Å². The van der Waals surface area contributed by atoms with E-state index in [0.29, 0.717) is 23.8 Å². The maximum atomic E-state index is 12.9. The average molecular weight is 402 g/mol. The van der Waals surface area contributed by atoms with Crippen LogP contribution in [0.15, 0.2) is 36.4 Å². The van der Waals surface area contributed by atoms with Gasteiger partial charge in [-0.15, -0.1) is 0 Å². The Morgan fingerprint density at radius 2 is 1.68 bits per heavy atom. The van der Waals surface area contributed by atoms with Gasteiger partial charge < -0.3 is 20.4 Å². The summed E-state index contributed by atoms with van der Waals surface area (Å²) in [5, 5.41) is 18.9. The second-order valence-corrected chi connectivity index (χ2v) is 6.25. The maximum Gasteiger partial charge on any atom is 0.416 e. The molecule has 6 nitrogen and oxygen atoms in total. The summed E-state index contributed by atoms with van der Waals surface area (Å²) in [6.45, 7) is 5.51. The third-order valence-electron chi connectivity index (χ3n) is 4.31. The number of benzene rings is 1. The Kier molecular flexibility index (Phi) is 9.67. The Morgan fingerprint density at radius 3 is 2.14 bits per heavy atom. The summed E-state index contributed by atoms with van der Waals surface area (Å²) in [6.07, 6.45) is -1.15. The number of hydrogen-bond acceptors (Lipinski definition) is 4. The molecule has 0 bridgehead atoms. The molecule has 1 aliphatic heterocycles. The number of alkyl halides is 3. The zero-order valence-electron chi connectivity index (χ0n) is 15.6. The summed E-state index contributed by atoms with van der Waals surface area (Å²) in [5.41, 5.74) is -0.198.